The Hall–Kier alpha value is -0.520. The first kappa shape index (κ1) is 24.5. The van der Waals surface area contributed by atoms with Crippen LogP contribution in [0.5, 0.6) is 0 Å². The monoisotopic (exact) mass is 348 g/mol. The minimum atomic E-state index is 0.674. The normalized spacial score (nSPS) is 16.4. The molecule has 0 amide bonds. The summed E-state index contributed by atoms with van der Waals surface area (Å²) in [5.41, 5.74) is 1.40. The highest BCUT2D eigenvalue weighted by molar-refractivity contribution is 4.96. The molecule has 0 aromatic heterocycles. The minimum Gasteiger partial charge on any atom is -0.103 e. The lowest BCUT2D eigenvalue weighted by Crippen LogP contribution is -2.08. The Morgan fingerprint density at radius 3 is 1.60 bits per heavy atom. The number of hydrogen-bond donors (Lipinski definition) is 0. The summed E-state index contributed by atoms with van der Waals surface area (Å²) in [5, 5.41) is 0. The molecule has 0 aromatic rings. The Balaban J connectivity index is 4.00. The van der Waals surface area contributed by atoms with E-state index in [1.54, 1.807) is 0 Å². The van der Waals surface area contributed by atoms with Crippen molar-refractivity contribution in [2.75, 3.05) is 0 Å². The molecular formula is C25H48. The van der Waals surface area contributed by atoms with Crippen molar-refractivity contribution in [3.8, 4) is 0 Å². The van der Waals surface area contributed by atoms with Crippen LogP contribution in [-0.4, -0.2) is 0 Å². The van der Waals surface area contributed by atoms with Gasteiger partial charge >= 0.3 is 0 Å². The van der Waals surface area contributed by atoms with E-state index in [0.717, 1.165) is 23.7 Å². The van der Waals surface area contributed by atoms with E-state index in [0.29, 0.717) is 5.92 Å². The van der Waals surface area contributed by atoms with Gasteiger partial charge in [-0.25, -0.2) is 0 Å². The molecule has 0 bridgehead atoms. The van der Waals surface area contributed by atoms with E-state index in [4.69, 9.17) is 0 Å². The van der Waals surface area contributed by atoms with Gasteiger partial charge in [-0.3, -0.25) is 0 Å². The van der Waals surface area contributed by atoms with E-state index in [2.05, 4.69) is 60.8 Å². The Labute approximate surface area is 160 Å². The quantitative estimate of drug-likeness (QED) is 0.244. The van der Waals surface area contributed by atoms with Gasteiger partial charge in [0.2, 0.25) is 0 Å². The second kappa shape index (κ2) is 14.6. The maximum Gasteiger partial charge on any atom is -0.0208 e. The summed E-state index contributed by atoms with van der Waals surface area (Å²) in [6.45, 7) is 22.2. The third kappa shape index (κ3) is 14.3. The molecule has 0 saturated heterocycles. The van der Waals surface area contributed by atoms with Gasteiger partial charge < -0.3 is 0 Å². The van der Waals surface area contributed by atoms with Crippen molar-refractivity contribution >= 4 is 0 Å². The second-order valence-electron chi connectivity index (χ2n) is 9.38. The van der Waals surface area contributed by atoms with Crippen molar-refractivity contribution in [3.05, 3.63) is 24.8 Å². The first-order valence-corrected chi connectivity index (χ1v) is 11.0. The summed E-state index contributed by atoms with van der Waals surface area (Å²) in [5.74, 6) is 3.99. The van der Waals surface area contributed by atoms with Crippen molar-refractivity contribution in [2.45, 2.75) is 106 Å². The highest BCUT2D eigenvalue weighted by atomic mass is 14.2. The van der Waals surface area contributed by atoms with Gasteiger partial charge in [0.05, 0.1) is 0 Å². The number of hydrogen-bond acceptors (Lipinski definition) is 0. The topological polar surface area (TPSA) is 0 Å². The zero-order valence-electron chi connectivity index (χ0n) is 18.4. The van der Waals surface area contributed by atoms with E-state index in [9.17, 15) is 0 Å². The summed E-state index contributed by atoms with van der Waals surface area (Å²) >= 11 is 0. The van der Waals surface area contributed by atoms with Crippen LogP contribution >= 0.6 is 0 Å². The van der Waals surface area contributed by atoms with Crippen LogP contribution < -0.4 is 0 Å². The van der Waals surface area contributed by atoms with Crippen LogP contribution in [0, 0.1) is 29.6 Å². The smallest absolute Gasteiger partial charge is 0.0208 e. The third-order valence-electron chi connectivity index (χ3n) is 5.95. The summed E-state index contributed by atoms with van der Waals surface area (Å²) in [7, 11) is 0. The molecule has 0 heteroatoms. The lowest BCUT2D eigenvalue weighted by molar-refractivity contribution is 0.358. The van der Waals surface area contributed by atoms with Crippen LogP contribution in [0.2, 0.25) is 0 Å². The molecule has 0 rings (SSSR count). The zero-order chi connectivity index (χ0) is 19.2. The van der Waals surface area contributed by atoms with E-state index >= 15 is 0 Å². The molecule has 0 fully saturated rings. The van der Waals surface area contributed by atoms with Gasteiger partial charge in [-0.1, -0.05) is 97.8 Å². The van der Waals surface area contributed by atoms with Gasteiger partial charge in [0.25, 0.3) is 0 Å². The first-order valence-electron chi connectivity index (χ1n) is 11.0. The standard InChI is InChI=1S/C25H48/c1-9-22(6)13-11-15-24(8)17-19-25(21(4)5)18-16-23(7)14-10-12-20(2)3/h9,20,22-25H,1,4,10-19H2,2-3,5-8H3/t22-,23-,24+,25-/m0/s1. The van der Waals surface area contributed by atoms with E-state index in [1.165, 1.54) is 69.8 Å². The predicted molar refractivity (Wildman–Crippen MR) is 117 cm³/mol. The summed E-state index contributed by atoms with van der Waals surface area (Å²) < 4.78 is 0. The molecule has 148 valence electrons. The van der Waals surface area contributed by atoms with Crippen molar-refractivity contribution in [2.24, 2.45) is 29.6 Å². The molecule has 0 aromatic carbocycles. The number of allylic oxidation sites excluding steroid dienone is 2. The average Bonchev–Trinajstić information content (AvgIpc) is 2.53. The molecule has 4 atom stereocenters. The molecule has 0 saturated carbocycles. The average molecular weight is 349 g/mol. The second-order valence-corrected chi connectivity index (χ2v) is 9.38. The maximum atomic E-state index is 4.28. The van der Waals surface area contributed by atoms with Crippen LogP contribution in [-0.2, 0) is 0 Å². The number of rotatable bonds is 16. The van der Waals surface area contributed by atoms with E-state index < -0.39 is 0 Å². The molecule has 25 heavy (non-hydrogen) atoms. The summed E-state index contributed by atoms with van der Waals surface area (Å²) in [4.78, 5) is 0. The fourth-order valence-corrected chi connectivity index (χ4v) is 3.68. The van der Waals surface area contributed by atoms with Crippen LogP contribution in [0.4, 0.5) is 0 Å². The first-order chi connectivity index (χ1) is 11.8. The Morgan fingerprint density at radius 2 is 1.20 bits per heavy atom. The van der Waals surface area contributed by atoms with Crippen molar-refractivity contribution in [1.82, 2.24) is 0 Å². The highest BCUT2D eigenvalue weighted by Crippen LogP contribution is 2.28. The Kier molecular flexibility index (Phi) is 14.3. The minimum absolute atomic E-state index is 0.674. The highest BCUT2D eigenvalue weighted by Gasteiger charge is 2.14. The lowest BCUT2D eigenvalue weighted by Gasteiger charge is -2.22. The molecule has 0 aliphatic carbocycles. The van der Waals surface area contributed by atoms with Gasteiger partial charge in [-0.2, -0.15) is 0 Å². The molecule has 0 spiro atoms. The summed E-state index contributed by atoms with van der Waals surface area (Å²) in [6, 6.07) is 0. The molecular weight excluding hydrogens is 300 g/mol. The SMILES string of the molecule is C=C[C@H](C)CCC[C@@H](C)CC[C@H](CC[C@@H](C)CCCC(C)C)C(=C)C. The van der Waals surface area contributed by atoms with Gasteiger partial charge in [-0.15, -0.1) is 6.58 Å². The van der Waals surface area contributed by atoms with Crippen molar-refractivity contribution in [3.63, 3.8) is 0 Å². The van der Waals surface area contributed by atoms with Crippen molar-refractivity contribution in [1.29, 1.82) is 0 Å². The lowest BCUT2D eigenvalue weighted by atomic mass is 9.84. The summed E-state index contributed by atoms with van der Waals surface area (Å²) in [6.07, 6.45) is 15.7. The van der Waals surface area contributed by atoms with Crippen LogP contribution in [0.3, 0.4) is 0 Å². The molecule has 0 radical (unpaired) electrons. The van der Waals surface area contributed by atoms with E-state index in [1.807, 2.05) is 0 Å². The zero-order valence-corrected chi connectivity index (χ0v) is 18.4. The van der Waals surface area contributed by atoms with Gasteiger partial charge in [0.15, 0.2) is 0 Å². The van der Waals surface area contributed by atoms with Gasteiger partial charge in [0, 0.05) is 0 Å². The Morgan fingerprint density at radius 1 is 0.720 bits per heavy atom. The molecule has 0 N–H and O–H groups in total. The molecule has 0 nitrogen and oxygen atoms in total. The molecule has 0 heterocycles. The Bertz CT molecular complexity index is 338. The van der Waals surface area contributed by atoms with Crippen LogP contribution in [0.15, 0.2) is 24.8 Å². The fraction of sp³-hybridized carbons (Fsp3) is 0.840. The molecule has 0 aliphatic heterocycles. The third-order valence-corrected chi connectivity index (χ3v) is 5.95. The molecule has 0 aliphatic rings. The molecule has 0 unspecified atom stereocenters. The largest absolute Gasteiger partial charge is 0.103 e. The van der Waals surface area contributed by atoms with E-state index in [-0.39, 0.29) is 0 Å². The predicted octanol–water partition coefficient (Wildman–Crippen LogP) is 8.83. The fourth-order valence-electron chi connectivity index (χ4n) is 3.68. The van der Waals surface area contributed by atoms with Crippen LogP contribution in [0.1, 0.15) is 106 Å². The maximum absolute atomic E-state index is 4.28. The van der Waals surface area contributed by atoms with Crippen molar-refractivity contribution < 1.29 is 0 Å². The van der Waals surface area contributed by atoms with Crippen LogP contribution in [0.25, 0.3) is 0 Å². The van der Waals surface area contributed by atoms with Gasteiger partial charge in [-0.05, 0) is 55.8 Å². The van der Waals surface area contributed by atoms with Gasteiger partial charge in [0.1, 0.15) is 0 Å².